The number of likely N-dealkylation sites (tertiary alicyclic amines) is 1. The van der Waals surface area contributed by atoms with Crippen LogP contribution in [0.4, 0.5) is 5.69 Å². The summed E-state index contributed by atoms with van der Waals surface area (Å²) in [7, 11) is 0. The molecule has 4 heteroatoms. The molecule has 0 spiro atoms. The molecule has 0 aliphatic carbocycles. The van der Waals surface area contributed by atoms with E-state index in [1.807, 2.05) is 24.5 Å². The zero-order chi connectivity index (χ0) is 13.7. The van der Waals surface area contributed by atoms with E-state index in [0.29, 0.717) is 6.04 Å². The summed E-state index contributed by atoms with van der Waals surface area (Å²) in [5, 5.41) is 0. The molecule has 2 unspecified atom stereocenters. The number of rotatable bonds is 2. The maximum absolute atomic E-state index is 4.53. The zero-order valence-corrected chi connectivity index (χ0v) is 12.0. The Bertz CT molecular complexity index is 639. The molecule has 0 N–H and O–H groups in total. The van der Waals surface area contributed by atoms with Crippen molar-refractivity contribution in [2.24, 2.45) is 5.92 Å². The molecular weight excluding hydrogens is 248 g/mol. The Morgan fingerprint density at radius 1 is 1.15 bits per heavy atom. The van der Waals surface area contributed by atoms with Gasteiger partial charge in [0.2, 0.25) is 0 Å². The van der Waals surface area contributed by atoms with E-state index in [4.69, 9.17) is 0 Å². The smallest absolute Gasteiger partial charge is 0.0907 e. The quantitative estimate of drug-likeness (QED) is 0.835. The van der Waals surface area contributed by atoms with Crippen molar-refractivity contribution in [1.29, 1.82) is 0 Å². The van der Waals surface area contributed by atoms with Crippen molar-refractivity contribution in [2.75, 3.05) is 24.5 Å². The third-order valence-electron chi connectivity index (χ3n) is 4.74. The number of pyridine rings is 2. The molecule has 4 rings (SSSR count). The van der Waals surface area contributed by atoms with Crippen molar-refractivity contribution in [3.63, 3.8) is 0 Å². The highest BCUT2D eigenvalue weighted by Gasteiger charge is 2.46. The van der Waals surface area contributed by atoms with Crippen LogP contribution in [0.2, 0.25) is 0 Å². The molecule has 2 aliphatic heterocycles. The van der Waals surface area contributed by atoms with Crippen molar-refractivity contribution < 1.29 is 0 Å². The molecule has 2 aliphatic rings. The summed E-state index contributed by atoms with van der Waals surface area (Å²) >= 11 is 0. The van der Waals surface area contributed by atoms with Gasteiger partial charge in [0.25, 0.3) is 0 Å². The van der Waals surface area contributed by atoms with Crippen LogP contribution >= 0.6 is 0 Å². The average molecular weight is 268 g/mol. The van der Waals surface area contributed by atoms with Gasteiger partial charge in [-0.25, -0.2) is 0 Å². The monoisotopic (exact) mass is 268 g/mol. The van der Waals surface area contributed by atoms with E-state index in [-0.39, 0.29) is 0 Å². The third kappa shape index (κ3) is 1.79. The van der Waals surface area contributed by atoms with E-state index in [2.05, 4.69) is 39.7 Å². The Morgan fingerprint density at radius 3 is 2.90 bits per heavy atom. The topological polar surface area (TPSA) is 32.3 Å². The lowest BCUT2D eigenvalue weighted by molar-refractivity contribution is 0.0218. The second kappa shape index (κ2) is 4.42. The van der Waals surface area contributed by atoms with Crippen LogP contribution in [0.5, 0.6) is 0 Å². The first kappa shape index (κ1) is 12.1. The lowest BCUT2D eigenvalue weighted by Crippen LogP contribution is -2.58. The molecular formula is C16H20N4. The first-order valence-electron chi connectivity index (χ1n) is 7.44. The highest BCUT2D eigenvalue weighted by atomic mass is 15.3. The van der Waals surface area contributed by atoms with Crippen LogP contribution < -0.4 is 4.90 Å². The maximum Gasteiger partial charge on any atom is 0.0907 e. The van der Waals surface area contributed by atoms with E-state index >= 15 is 0 Å². The van der Waals surface area contributed by atoms with E-state index in [9.17, 15) is 0 Å². The molecule has 0 bridgehead atoms. The molecule has 2 aromatic rings. The van der Waals surface area contributed by atoms with Crippen LogP contribution in [0.3, 0.4) is 0 Å². The van der Waals surface area contributed by atoms with Crippen molar-refractivity contribution in [3.05, 3.63) is 30.6 Å². The number of hydrogen-bond donors (Lipinski definition) is 0. The van der Waals surface area contributed by atoms with Gasteiger partial charge in [0, 0.05) is 43.8 Å². The van der Waals surface area contributed by atoms with Gasteiger partial charge in [-0.1, -0.05) is 0 Å². The number of fused-ring (bicyclic) bond motifs is 2. The fraction of sp³-hybridized carbons (Fsp3) is 0.500. The minimum Gasteiger partial charge on any atom is -0.368 e. The molecule has 0 amide bonds. The first-order chi connectivity index (χ1) is 9.72. The fourth-order valence-corrected chi connectivity index (χ4v) is 3.60. The molecule has 2 fully saturated rings. The van der Waals surface area contributed by atoms with Crippen molar-refractivity contribution in [2.45, 2.75) is 25.9 Å². The van der Waals surface area contributed by atoms with Crippen LogP contribution in [-0.4, -0.2) is 46.6 Å². The molecule has 2 aromatic heterocycles. The van der Waals surface area contributed by atoms with E-state index < -0.39 is 0 Å². The summed E-state index contributed by atoms with van der Waals surface area (Å²) in [4.78, 5) is 14.0. The summed E-state index contributed by atoms with van der Waals surface area (Å²) in [5.74, 6) is 0.830. The third-order valence-corrected chi connectivity index (χ3v) is 4.74. The van der Waals surface area contributed by atoms with Crippen molar-refractivity contribution in [1.82, 2.24) is 14.9 Å². The molecule has 0 aromatic carbocycles. The average Bonchev–Trinajstić information content (AvgIpc) is 2.75. The second-order valence-corrected chi connectivity index (χ2v) is 6.26. The number of anilines is 1. The minimum absolute atomic E-state index is 0.660. The Hall–Kier alpha value is -1.68. The van der Waals surface area contributed by atoms with Crippen LogP contribution in [-0.2, 0) is 0 Å². The standard InChI is InChI=1S/C16H20N4/c1-11(2)20-9-12-8-19(10-16(12)20)13-6-15-14(18-7-13)4-3-5-17-15/h3-7,11-12,16H,8-10H2,1-2H3. The largest absolute Gasteiger partial charge is 0.368 e. The minimum atomic E-state index is 0.660. The molecule has 2 saturated heterocycles. The summed E-state index contributed by atoms with van der Waals surface area (Å²) in [6.45, 7) is 8.12. The normalized spacial score (nSPS) is 26.1. The van der Waals surface area contributed by atoms with Gasteiger partial charge < -0.3 is 4.90 Å². The van der Waals surface area contributed by atoms with E-state index in [1.165, 1.54) is 12.2 Å². The van der Waals surface area contributed by atoms with Crippen molar-refractivity contribution >= 4 is 16.7 Å². The van der Waals surface area contributed by atoms with Gasteiger partial charge in [0.05, 0.1) is 22.9 Å². The first-order valence-corrected chi connectivity index (χ1v) is 7.44. The summed E-state index contributed by atoms with van der Waals surface area (Å²) in [6.07, 6.45) is 3.83. The molecule has 4 heterocycles. The number of nitrogens with zero attached hydrogens (tertiary/aromatic N) is 4. The molecule has 0 saturated carbocycles. The fourth-order valence-electron chi connectivity index (χ4n) is 3.60. The lowest BCUT2D eigenvalue weighted by atomic mass is 9.90. The van der Waals surface area contributed by atoms with Gasteiger partial charge in [0.1, 0.15) is 0 Å². The highest BCUT2D eigenvalue weighted by Crippen LogP contribution is 2.36. The number of aromatic nitrogens is 2. The van der Waals surface area contributed by atoms with Crippen LogP contribution in [0.15, 0.2) is 30.6 Å². The maximum atomic E-state index is 4.53. The lowest BCUT2D eigenvalue weighted by Gasteiger charge is -2.46. The van der Waals surface area contributed by atoms with Crippen LogP contribution in [0.1, 0.15) is 13.8 Å². The number of hydrogen-bond acceptors (Lipinski definition) is 4. The van der Waals surface area contributed by atoms with E-state index in [1.54, 1.807) is 0 Å². The SMILES string of the molecule is CC(C)N1CC2CN(c3cnc4cccnc4c3)CC21. The van der Waals surface area contributed by atoms with Gasteiger partial charge in [-0.05, 0) is 32.0 Å². The zero-order valence-electron chi connectivity index (χ0n) is 12.0. The van der Waals surface area contributed by atoms with Gasteiger partial charge in [-0.15, -0.1) is 0 Å². The molecule has 4 nitrogen and oxygen atoms in total. The summed E-state index contributed by atoms with van der Waals surface area (Å²) < 4.78 is 0. The Labute approximate surface area is 119 Å². The summed E-state index contributed by atoms with van der Waals surface area (Å²) in [5.41, 5.74) is 3.18. The Balaban J connectivity index is 1.59. The van der Waals surface area contributed by atoms with Gasteiger partial charge in [-0.2, -0.15) is 0 Å². The van der Waals surface area contributed by atoms with Crippen LogP contribution in [0, 0.1) is 5.92 Å². The molecule has 20 heavy (non-hydrogen) atoms. The molecule has 0 radical (unpaired) electrons. The van der Waals surface area contributed by atoms with Gasteiger partial charge in [-0.3, -0.25) is 14.9 Å². The highest BCUT2D eigenvalue weighted by molar-refractivity contribution is 5.77. The Kier molecular flexibility index (Phi) is 2.67. The molecule has 2 atom stereocenters. The van der Waals surface area contributed by atoms with Gasteiger partial charge >= 0.3 is 0 Å². The molecule has 104 valence electrons. The van der Waals surface area contributed by atoms with Gasteiger partial charge in [0.15, 0.2) is 0 Å². The van der Waals surface area contributed by atoms with Crippen LogP contribution in [0.25, 0.3) is 11.0 Å². The summed E-state index contributed by atoms with van der Waals surface area (Å²) in [6, 6.07) is 7.51. The Morgan fingerprint density at radius 2 is 2.05 bits per heavy atom. The predicted molar refractivity (Wildman–Crippen MR) is 80.9 cm³/mol. The van der Waals surface area contributed by atoms with Crippen molar-refractivity contribution in [3.8, 4) is 0 Å². The van der Waals surface area contributed by atoms with E-state index in [0.717, 1.165) is 36.1 Å². The second-order valence-electron chi connectivity index (χ2n) is 6.26. The predicted octanol–water partition coefficient (Wildman–Crippen LogP) is 2.16.